The summed E-state index contributed by atoms with van der Waals surface area (Å²) in [4.78, 5) is 38.8. The van der Waals surface area contributed by atoms with Crippen molar-refractivity contribution in [3.05, 3.63) is 59.7 Å². The van der Waals surface area contributed by atoms with Crippen molar-refractivity contribution < 1.29 is 29.0 Å². The summed E-state index contributed by atoms with van der Waals surface area (Å²) in [5.41, 5.74) is 2.91. The van der Waals surface area contributed by atoms with Crippen LogP contribution in [0.2, 0.25) is 0 Å². The van der Waals surface area contributed by atoms with E-state index in [-0.39, 0.29) is 18.4 Å². The predicted molar refractivity (Wildman–Crippen MR) is 128 cm³/mol. The van der Waals surface area contributed by atoms with E-state index in [2.05, 4.69) is 29.6 Å². The topological polar surface area (TPSA) is 105 Å². The summed E-state index contributed by atoms with van der Waals surface area (Å²) in [6.07, 6.45) is 2.21. The number of amides is 2. The molecule has 1 aliphatic heterocycles. The van der Waals surface area contributed by atoms with Crippen LogP contribution in [0.15, 0.2) is 48.5 Å². The van der Waals surface area contributed by atoms with Gasteiger partial charge in [-0.15, -0.1) is 0 Å². The van der Waals surface area contributed by atoms with Gasteiger partial charge >= 0.3 is 12.1 Å². The minimum atomic E-state index is -1.04. The summed E-state index contributed by atoms with van der Waals surface area (Å²) >= 11 is 0. The molecule has 5 rings (SSSR count). The third kappa shape index (κ3) is 4.38. The molecule has 2 fully saturated rings. The van der Waals surface area contributed by atoms with E-state index in [1.54, 1.807) is 11.8 Å². The molecule has 8 nitrogen and oxygen atoms in total. The third-order valence-electron chi connectivity index (χ3n) is 7.43. The first-order chi connectivity index (χ1) is 16.8. The van der Waals surface area contributed by atoms with E-state index in [0.717, 1.165) is 35.1 Å². The fourth-order valence-electron chi connectivity index (χ4n) is 5.74. The first-order valence-electron chi connectivity index (χ1n) is 12.1. The van der Waals surface area contributed by atoms with Gasteiger partial charge in [0, 0.05) is 5.92 Å². The molecule has 2 amide bonds. The van der Waals surface area contributed by atoms with Gasteiger partial charge in [0.1, 0.15) is 24.4 Å². The fraction of sp³-hybridized carbons (Fsp3) is 0.444. The number of nitrogens with zero attached hydrogens (tertiary/aromatic N) is 1. The Labute approximate surface area is 204 Å². The molecule has 3 aliphatic rings. The number of carbonyl (C=O) groups excluding carboxylic acids is 2. The molecule has 35 heavy (non-hydrogen) atoms. The Morgan fingerprint density at radius 1 is 1.00 bits per heavy atom. The number of ether oxygens (including phenoxy) is 2. The second kappa shape index (κ2) is 9.00. The van der Waals surface area contributed by atoms with Gasteiger partial charge < -0.3 is 24.8 Å². The van der Waals surface area contributed by atoms with Crippen molar-refractivity contribution in [1.82, 2.24) is 10.2 Å². The Morgan fingerprint density at radius 3 is 2.14 bits per heavy atom. The highest BCUT2D eigenvalue weighted by molar-refractivity contribution is 5.91. The third-order valence-corrected chi connectivity index (χ3v) is 7.43. The molecule has 0 spiro atoms. The normalized spacial score (nSPS) is 19.4. The maximum Gasteiger partial charge on any atom is 0.408 e. The molecule has 1 saturated carbocycles. The van der Waals surface area contributed by atoms with E-state index >= 15 is 0 Å². The number of nitrogens with one attached hydrogen (secondary N) is 1. The second-order valence-corrected chi connectivity index (χ2v) is 10.0. The maximum absolute atomic E-state index is 13.4. The Morgan fingerprint density at radius 2 is 1.57 bits per heavy atom. The fourth-order valence-corrected chi connectivity index (χ4v) is 5.74. The summed E-state index contributed by atoms with van der Waals surface area (Å²) < 4.78 is 11.1. The monoisotopic (exact) mass is 478 g/mol. The van der Waals surface area contributed by atoms with E-state index in [1.165, 1.54) is 0 Å². The lowest BCUT2D eigenvalue weighted by Gasteiger charge is -2.49. The van der Waals surface area contributed by atoms with Crippen molar-refractivity contribution in [1.29, 1.82) is 0 Å². The SMILES string of the molecule is CC1(OCC(=O)O)CN(C(=O)C2(NC(=O)OCC3c4ccccc4-c4ccccc43)CCCC2)C1. The average Bonchev–Trinajstić information content (AvgIpc) is 3.43. The van der Waals surface area contributed by atoms with Gasteiger partial charge in [0.05, 0.1) is 13.1 Å². The van der Waals surface area contributed by atoms with E-state index in [1.807, 2.05) is 24.3 Å². The number of carboxylic acid groups (broad SMARTS) is 1. The minimum absolute atomic E-state index is 0.0501. The largest absolute Gasteiger partial charge is 0.480 e. The molecule has 2 N–H and O–H groups in total. The van der Waals surface area contributed by atoms with Gasteiger partial charge in [-0.05, 0) is 42.0 Å². The van der Waals surface area contributed by atoms with Crippen LogP contribution in [0.3, 0.4) is 0 Å². The van der Waals surface area contributed by atoms with Gasteiger partial charge in [0.15, 0.2) is 0 Å². The molecule has 8 heteroatoms. The summed E-state index contributed by atoms with van der Waals surface area (Å²) in [6, 6.07) is 16.3. The van der Waals surface area contributed by atoms with Crippen LogP contribution in [0.5, 0.6) is 0 Å². The Kier molecular flexibility index (Phi) is 6.01. The standard InChI is InChI=1S/C27H30N2O6/c1-26(35-15-23(30)31)16-29(17-26)24(32)27(12-6-7-13-27)28-25(33)34-14-22-20-10-4-2-8-18(20)19-9-3-5-11-21(19)22/h2-5,8-11,22H,6-7,12-17H2,1H3,(H,28,33)(H,30,31). The lowest BCUT2D eigenvalue weighted by molar-refractivity contribution is -0.177. The molecule has 1 saturated heterocycles. The van der Waals surface area contributed by atoms with Crippen molar-refractivity contribution in [3.63, 3.8) is 0 Å². The van der Waals surface area contributed by atoms with E-state index < -0.39 is 29.8 Å². The van der Waals surface area contributed by atoms with Crippen molar-refractivity contribution >= 4 is 18.0 Å². The van der Waals surface area contributed by atoms with Gasteiger partial charge in [-0.3, -0.25) is 4.79 Å². The lowest BCUT2D eigenvalue weighted by Crippen LogP contribution is -2.69. The average molecular weight is 479 g/mol. The number of rotatable bonds is 7. The number of alkyl carbamates (subject to hydrolysis) is 1. The van der Waals surface area contributed by atoms with Gasteiger partial charge in [-0.2, -0.15) is 0 Å². The number of carbonyl (C=O) groups is 3. The molecule has 0 unspecified atom stereocenters. The van der Waals surface area contributed by atoms with Gasteiger partial charge in [0.2, 0.25) is 5.91 Å². The zero-order valence-corrected chi connectivity index (χ0v) is 19.8. The van der Waals surface area contributed by atoms with Crippen LogP contribution in [-0.2, 0) is 19.1 Å². The number of fused-ring (bicyclic) bond motifs is 3. The predicted octanol–water partition coefficient (Wildman–Crippen LogP) is 3.54. The van der Waals surface area contributed by atoms with Crippen molar-refractivity contribution in [3.8, 4) is 11.1 Å². The van der Waals surface area contributed by atoms with Crippen molar-refractivity contribution in [2.45, 2.75) is 49.7 Å². The zero-order valence-electron chi connectivity index (χ0n) is 19.8. The van der Waals surface area contributed by atoms with Crippen LogP contribution in [-0.4, -0.2) is 65.4 Å². The zero-order chi connectivity index (χ0) is 24.6. The molecule has 0 bridgehead atoms. The highest BCUT2D eigenvalue weighted by Crippen LogP contribution is 2.44. The first-order valence-corrected chi connectivity index (χ1v) is 12.1. The minimum Gasteiger partial charge on any atom is -0.480 e. The lowest BCUT2D eigenvalue weighted by atomic mass is 9.89. The van der Waals surface area contributed by atoms with Crippen molar-refractivity contribution in [2.24, 2.45) is 0 Å². The summed E-state index contributed by atoms with van der Waals surface area (Å²) in [7, 11) is 0. The molecule has 184 valence electrons. The van der Waals surface area contributed by atoms with Crippen LogP contribution in [0.25, 0.3) is 11.1 Å². The number of hydrogen-bond acceptors (Lipinski definition) is 5. The highest BCUT2D eigenvalue weighted by atomic mass is 16.5. The van der Waals surface area contributed by atoms with E-state index in [9.17, 15) is 14.4 Å². The Balaban J connectivity index is 1.23. The van der Waals surface area contributed by atoms with E-state index in [4.69, 9.17) is 14.6 Å². The summed E-state index contributed by atoms with van der Waals surface area (Å²) in [5, 5.41) is 11.8. The van der Waals surface area contributed by atoms with Crippen LogP contribution in [0, 0.1) is 0 Å². The molecular weight excluding hydrogens is 448 g/mol. The molecule has 2 aromatic rings. The summed E-state index contributed by atoms with van der Waals surface area (Å²) in [5.74, 6) is -1.24. The number of benzene rings is 2. The van der Waals surface area contributed by atoms with E-state index in [0.29, 0.717) is 25.9 Å². The molecule has 0 atom stereocenters. The van der Waals surface area contributed by atoms with Gasteiger partial charge in [0.25, 0.3) is 0 Å². The molecular formula is C27H30N2O6. The molecule has 2 aliphatic carbocycles. The second-order valence-electron chi connectivity index (χ2n) is 10.0. The number of aliphatic carboxylic acids is 1. The van der Waals surface area contributed by atoms with Gasteiger partial charge in [-0.25, -0.2) is 9.59 Å². The van der Waals surface area contributed by atoms with Crippen LogP contribution in [0.4, 0.5) is 4.79 Å². The number of likely N-dealkylation sites (tertiary alicyclic amines) is 1. The molecule has 0 radical (unpaired) electrons. The number of hydrogen-bond donors (Lipinski definition) is 2. The van der Waals surface area contributed by atoms with Crippen LogP contribution in [0.1, 0.15) is 49.7 Å². The van der Waals surface area contributed by atoms with Gasteiger partial charge in [-0.1, -0.05) is 61.4 Å². The molecule has 1 heterocycles. The molecule has 0 aromatic heterocycles. The Bertz CT molecular complexity index is 1100. The molecule has 2 aromatic carbocycles. The summed E-state index contributed by atoms with van der Waals surface area (Å²) in [6.45, 7) is 2.18. The van der Waals surface area contributed by atoms with Crippen molar-refractivity contribution in [2.75, 3.05) is 26.3 Å². The maximum atomic E-state index is 13.4. The number of carboxylic acids is 1. The quantitative estimate of drug-likeness (QED) is 0.631. The van der Waals surface area contributed by atoms with Crippen LogP contribution < -0.4 is 5.32 Å². The Hall–Kier alpha value is -3.39. The first kappa shape index (κ1) is 23.4. The van der Waals surface area contributed by atoms with Crippen LogP contribution >= 0.6 is 0 Å². The smallest absolute Gasteiger partial charge is 0.408 e. The highest BCUT2D eigenvalue weighted by Gasteiger charge is 2.51.